The Labute approximate surface area is 204 Å². The number of anilines is 2. The van der Waals surface area contributed by atoms with Gasteiger partial charge in [0.05, 0.1) is 17.5 Å². The summed E-state index contributed by atoms with van der Waals surface area (Å²) in [5.74, 6) is -0.831. The number of aromatic nitrogens is 2. The third-order valence-corrected chi connectivity index (χ3v) is 6.20. The number of carbonyl (C=O) groups excluding carboxylic acids is 2. The number of likely N-dealkylation sites (N-methyl/N-ethyl adjacent to an activating group) is 1. The van der Waals surface area contributed by atoms with Crippen LogP contribution in [0.25, 0.3) is 17.7 Å². The monoisotopic (exact) mass is 466 g/mol. The van der Waals surface area contributed by atoms with Crippen LogP contribution < -0.4 is 15.5 Å². The first-order valence-corrected chi connectivity index (χ1v) is 11.5. The number of hydrogen-bond donors (Lipinski definition) is 2. The molecule has 0 radical (unpaired) electrons. The van der Waals surface area contributed by atoms with Crippen LogP contribution in [0.15, 0.2) is 67.3 Å². The summed E-state index contributed by atoms with van der Waals surface area (Å²) in [6.45, 7) is 4.11. The topological polar surface area (TPSA) is 90.5 Å². The molecule has 1 aromatic heterocycles. The molecular weight excluding hydrogens is 440 g/mol. The molecule has 0 bridgehead atoms. The molecule has 3 heterocycles. The van der Waals surface area contributed by atoms with E-state index in [1.165, 1.54) is 5.69 Å². The number of amides is 2. The largest absolute Gasteiger partial charge is 0.369 e. The predicted molar refractivity (Wildman–Crippen MR) is 138 cm³/mol. The van der Waals surface area contributed by atoms with Crippen molar-refractivity contribution < 1.29 is 9.59 Å². The first kappa shape index (κ1) is 22.5. The Morgan fingerprint density at radius 1 is 0.914 bits per heavy atom. The zero-order valence-electron chi connectivity index (χ0n) is 19.4. The van der Waals surface area contributed by atoms with E-state index in [1.54, 1.807) is 30.9 Å². The zero-order chi connectivity index (χ0) is 24.2. The maximum Gasteiger partial charge on any atom is 0.260 e. The molecule has 176 valence electrons. The lowest BCUT2D eigenvalue weighted by Gasteiger charge is -2.34. The molecule has 2 aliphatic heterocycles. The van der Waals surface area contributed by atoms with Crippen molar-refractivity contribution in [3.63, 3.8) is 0 Å². The summed E-state index contributed by atoms with van der Waals surface area (Å²) in [6, 6.07) is 13.6. The summed E-state index contributed by atoms with van der Waals surface area (Å²) in [7, 11) is 2.14. The van der Waals surface area contributed by atoms with Gasteiger partial charge in [-0.1, -0.05) is 12.1 Å². The lowest BCUT2D eigenvalue weighted by Crippen LogP contribution is -2.44. The Kier molecular flexibility index (Phi) is 6.36. The van der Waals surface area contributed by atoms with Crippen LogP contribution >= 0.6 is 0 Å². The number of imide groups is 1. The average Bonchev–Trinajstić information content (AvgIpc) is 2.89. The summed E-state index contributed by atoms with van der Waals surface area (Å²) < 4.78 is 0. The number of piperazine rings is 1. The van der Waals surface area contributed by atoms with Gasteiger partial charge in [0, 0.05) is 67.3 Å². The highest BCUT2D eigenvalue weighted by Gasteiger charge is 2.27. The van der Waals surface area contributed by atoms with Gasteiger partial charge in [0.25, 0.3) is 11.8 Å². The Bertz CT molecular complexity index is 1290. The first-order chi connectivity index (χ1) is 17.1. The minimum absolute atomic E-state index is 0.400. The fourth-order valence-corrected chi connectivity index (χ4v) is 4.16. The molecule has 0 unspecified atom stereocenters. The van der Waals surface area contributed by atoms with Crippen LogP contribution in [0.4, 0.5) is 11.4 Å². The molecule has 0 atom stereocenters. The predicted octanol–water partition coefficient (Wildman–Crippen LogP) is 3.12. The van der Waals surface area contributed by atoms with Gasteiger partial charge in [-0.2, -0.15) is 0 Å². The number of nitrogens with one attached hydrogen (secondary N) is 2. The van der Waals surface area contributed by atoms with Crippen LogP contribution in [0, 0.1) is 0 Å². The van der Waals surface area contributed by atoms with Gasteiger partial charge in [0.1, 0.15) is 0 Å². The van der Waals surface area contributed by atoms with E-state index in [9.17, 15) is 9.59 Å². The molecule has 35 heavy (non-hydrogen) atoms. The number of benzene rings is 2. The summed E-state index contributed by atoms with van der Waals surface area (Å²) >= 11 is 0. The second-order valence-corrected chi connectivity index (χ2v) is 8.59. The number of carbonyl (C=O) groups is 2. The lowest BCUT2D eigenvalue weighted by atomic mass is 9.93. The maximum absolute atomic E-state index is 12.7. The minimum Gasteiger partial charge on any atom is -0.369 e. The Morgan fingerprint density at radius 3 is 2.46 bits per heavy atom. The highest BCUT2D eigenvalue weighted by atomic mass is 16.2. The molecule has 0 aliphatic carbocycles. The molecular formula is C27H26N6O2. The molecule has 2 amide bonds. The van der Waals surface area contributed by atoms with Crippen LogP contribution in [-0.2, 0) is 4.79 Å². The molecule has 5 rings (SSSR count). The summed E-state index contributed by atoms with van der Waals surface area (Å²) in [5, 5.41) is 5.64. The molecule has 3 aromatic rings. The summed E-state index contributed by atoms with van der Waals surface area (Å²) in [5.41, 5.74) is 5.05. The second kappa shape index (κ2) is 9.90. The molecule has 2 N–H and O–H groups in total. The van der Waals surface area contributed by atoms with Crippen LogP contribution in [0.2, 0.25) is 0 Å². The third-order valence-electron chi connectivity index (χ3n) is 6.20. The van der Waals surface area contributed by atoms with Gasteiger partial charge in [-0.05, 0) is 55.1 Å². The molecule has 2 aliphatic rings. The van der Waals surface area contributed by atoms with Crippen molar-refractivity contribution in [1.82, 2.24) is 20.2 Å². The number of rotatable bonds is 5. The average molecular weight is 467 g/mol. The van der Waals surface area contributed by atoms with Gasteiger partial charge in [-0.3, -0.25) is 24.9 Å². The molecule has 8 heteroatoms. The quantitative estimate of drug-likeness (QED) is 0.441. The van der Waals surface area contributed by atoms with E-state index in [0.29, 0.717) is 16.7 Å². The van der Waals surface area contributed by atoms with Crippen LogP contribution in [0.5, 0.6) is 0 Å². The van der Waals surface area contributed by atoms with Crippen LogP contribution in [-0.4, -0.2) is 59.9 Å². The normalized spacial score (nSPS) is 17.5. The first-order valence-electron chi connectivity index (χ1n) is 11.5. The van der Waals surface area contributed by atoms with E-state index in [0.717, 1.165) is 43.1 Å². The molecule has 8 nitrogen and oxygen atoms in total. The highest BCUT2D eigenvalue weighted by Crippen LogP contribution is 2.27. The highest BCUT2D eigenvalue weighted by molar-refractivity contribution is 6.31. The van der Waals surface area contributed by atoms with E-state index in [1.807, 2.05) is 36.4 Å². The van der Waals surface area contributed by atoms with E-state index in [2.05, 4.69) is 49.6 Å². The summed E-state index contributed by atoms with van der Waals surface area (Å²) in [6.07, 6.45) is 10.3. The number of hydrogen-bond acceptors (Lipinski definition) is 7. The van der Waals surface area contributed by atoms with Crippen molar-refractivity contribution in [1.29, 1.82) is 0 Å². The van der Waals surface area contributed by atoms with Crippen molar-refractivity contribution in [2.24, 2.45) is 0 Å². The van der Waals surface area contributed by atoms with E-state index in [4.69, 9.17) is 0 Å². The fourth-order valence-electron chi connectivity index (χ4n) is 4.16. The van der Waals surface area contributed by atoms with Gasteiger partial charge < -0.3 is 15.1 Å². The SMILES string of the molecule is CN1CCN(c2ccc(NC=C3C(=O)NC(=O)c4ccc(C=Cc5cnccn5)cc43)cc2)CC1. The maximum atomic E-state index is 12.7. The smallest absolute Gasteiger partial charge is 0.260 e. The van der Waals surface area contributed by atoms with Crippen molar-refractivity contribution in [2.75, 3.05) is 43.4 Å². The molecule has 1 fully saturated rings. The van der Waals surface area contributed by atoms with Crippen molar-refractivity contribution >= 4 is 40.9 Å². The van der Waals surface area contributed by atoms with E-state index in [-0.39, 0.29) is 0 Å². The molecule has 1 saturated heterocycles. The van der Waals surface area contributed by atoms with Crippen LogP contribution in [0.1, 0.15) is 27.2 Å². The summed E-state index contributed by atoms with van der Waals surface area (Å²) in [4.78, 5) is 38.0. The van der Waals surface area contributed by atoms with Gasteiger partial charge in [-0.25, -0.2) is 0 Å². The lowest BCUT2D eigenvalue weighted by molar-refractivity contribution is -0.114. The van der Waals surface area contributed by atoms with Gasteiger partial charge in [-0.15, -0.1) is 0 Å². The zero-order valence-corrected chi connectivity index (χ0v) is 19.4. The Morgan fingerprint density at radius 2 is 1.71 bits per heavy atom. The Hall–Kier alpha value is -4.30. The molecule has 2 aromatic carbocycles. The van der Waals surface area contributed by atoms with E-state index < -0.39 is 11.8 Å². The van der Waals surface area contributed by atoms with Crippen molar-refractivity contribution in [3.05, 3.63) is 89.6 Å². The van der Waals surface area contributed by atoms with Crippen LogP contribution in [0.3, 0.4) is 0 Å². The van der Waals surface area contributed by atoms with Gasteiger partial charge in [0.2, 0.25) is 0 Å². The molecule has 0 saturated carbocycles. The standard InChI is InChI=1S/C27H26N6O2/c1-32-12-14-33(15-13-32)22-7-5-20(6-8-22)30-18-25-24-16-19(2-4-21-17-28-10-11-29-21)3-9-23(24)26(34)31-27(25)35/h2-11,16-18,30H,12-15H2,1H3,(H,31,34,35). The fraction of sp³-hybridized carbons (Fsp3) is 0.185. The third kappa shape index (κ3) is 5.12. The second-order valence-electron chi connectivity index (χ2n) is 8.59. The van der Waals surface area contributed by atoms with Gasteiger partial charge in [0.15, 0.2) is 0 Å². The van der Waals surface area contributed by atoms with Crippen molar-refractivity contribution in [2.45, 2.75) is 0 Å². The van der Waals surface area contributed by atoms with E-state index >= 15 is 0 Å². The van der Waals surface area contributed by atoms with Gasteiger partial charge >= 0.3 is 0 Å². The number of fused-ring (bicyclic) bond motifs is 1. The molecule has 0 spiro atoms. The Balaban J connectivity index is 1.36. The van der Waals surface area contributed by atoms with Crippen molar-refractivity contribution in [3.8, 4) is 0 Å². The minimum atomic E-state index is -0.431. The number of nitrogens with zero attached hydrogens (tertiary/aromatic N) is 4.